The van der Waals surface area contributed by atoms with Gasteiger partial charge in [-0.1, -0.05) is 0 Å². The fourth-order valence-electron chi connectivity index (χ4n) is 1.65. The summed E-state index contributed by atoms with van der Waals surface area (Å²) in [6, 6.07) is 4.71. The molecular weight excluding hydrogens is 317 g/mol. The van der Waals surface area contributed by atoms with Crippen molar-refractivity contribution < 1.29 is 22.8 Å². The van der Waals surface area contributed by atoms with Crippen LogP contribution in [0.25, 0.3) is 0 Å². The maximum Gasteiger partial charge on any atom is 0.421 e. The molecule has 0 radical (unpaired) electrons. The molecule has 0 unspecified atom stereocenters. The van der Waals surface area contributed by atoms with Crippen LogP contribution in [0.4, 0.5) is 24.7 Å². The Bertz CT molecular complexity index is 677. The van der Waals surface area contributed by atoms with Crippen LogP contribution in [0.5, 0.6) is 5.88 Å². The topological polar surface area (TPSA) is 90.2 Å². The standard InChI is InChI=1S/C13H11F3N4O3/c14-13(15,16)10-2-1-5-18-12(10)23-7-6-17-11-4-3-9(8-19-11)20(21)22/h1-5,8H,6-7H2,(H,17,19). The van der Waals surface area contributed by atoms with Gasteiger partial charge in [0.2, 0.25) is 5.88 Å². The van der Waals surface area contributed by atoms with E-state index in [1.807, 2.05) is 0 Å². The molecule has 0 saturated heterocycles. The van der Waals surface area contributed by atoms with Gasteiger partial charge in [-0.25, -0.2) is 9.97 Å². The Morgan fingerprint density at radius 2 is 2.04 bits per heavy atom. The highest BCUT2D eigenvalue weighted by molar-refractivity contribution is 5.40. The van der Waals surface area contributed by atoms with Crippen molar-refractivity contribution in [1.82, 2.24) is 9.97 Å². The number of hydrogen-bond donors (Lipinski definition) is 1. The van der Waals surface area contributed by atoms with E-state index in [1.165, 1.54) is 24.4 Å². The van der Waals surface area contributed by atoms with Gasteiger partial charge in [-0.2, -0.15) is 13.2 Å². The van der Waals surface area contributed by atoms with Crippen LogP contribution < -0.4 is 10.1 Å². The first-order valence-corrected chi connectivity index (χ1v) is 6.37. The summed E-state index contributed by atoms with van der Waals surface area (Å²) in [7, 11) is 0. The van der Waals surface area contributed by atoms with Crippen molar-refractivity contribution in [1.29, 1.82) is 0 Å². The molecular formula is C13H11F3N4O3. The summed E-state index contributed by atoms with van der Waals surface area (Å²) in [6.07, 6.45) is -2.27. The van der Waals surface area contributed by atoms with Crippen LogP contribution >= 0.6 is 0 Å². The molecule has 23 heavy (non-hydrogen) atoms. The van der Waals surface area contributed by atoms with Crippen LogP contribution in [0.1, 0.15) is 5.56 Å². The van der Waals surface area contributed by atoms with Gasteiger partial charge in [-0.05, 0) is 18.2 Å². The third kappa shape index (κ3) is 4.53. The summed E-state index contributed by atoms with van der Waals surface area (Å²) in [4.78, 5) is 17.2. The summed E-state index contributed by atoms with van der Waals surface area (Å²) in [5, 5.41) is 13.2. The van der Waals surface area contributed by atoms with Crippen molar-refractivity contribution in [2.24, 2.45) is 0 Å². The predicted molar refractivity (Wildman–Crippen MR) is 74.1 cm³/mol. The number of pyridine rings is 2. The summed E-state index contributed by atoms with van der Waals surface area (Å²) in [5.74, 6) is -0.158. The van der Waals surface area contributed by atoms with Crippen LogP contribution in [0.3, 0.4) is 0 Å². The van der Waals surface area contributed by atoms with Crippen molar-refractivity contribution in [3.8, 4) is 5.88 Å². The molecule has 0 aliphatic heterocycles. The highest BCUT2D eigenvalue weighted by atomic mass is 19.4. The first-order valence-electron chi connectivity index (χ1n) is 6.37. The molecule has 1 N–H and O–H groups in total. The zero-order valence-corrected chi connectivity index (χ0v) is 11.6. The Morgan fingerprint density at radius 3 is 2.65 bits per heavy atom. The molecule has 0 amide bonds. The second-order valence-corrected chi connectivity index (χ2v) is 4.29. The lowest BCUT2D eigenvalue weighted by molar-refractivity contribution is -0.385. The number of ether oxygens (including phenoxy) is 1. The van der Waals surface area contributed by atoms with Gasteiger partial charge < -0.3 is 10.1 Å². The van der Waals surface area contributed by atoms with Crippen LogP contribution in [0.15, 0.2) is 36.7 Å². The van der Waals surface area contributed by atoms with Crippen LogP contribution in [0.2, 0.25) is 0 Å². The molecule has 122 valence electrons. The molecule has 2 rings (SSSR count). The highest BCUT2D eigenvalue weighted by Gasteiger charge is 2.34. The van der Waals surface area contributed by atoms with Gasteiger partial charge in [0, 0.05) is 12.3 Å². The van der Waals surface area contributed by atoms with E-state index < -0.39 is 22.5 Å². The number of rotatable bonds is 6. The van der Waals surface area contributed by atoms with Gasteiger partial charge in [0.25, 0.3) is 5.69 Å². The van der Waals surface area contributed by atoms with E-state index in [1.54, 1.807) is 0 Å². The zero-order valence-electron chi connectivity index (χ0n) is 11.6. The predicted octanol–water partition coefficient (Wildman–Crippen LogP) is 2.89. The summed E-state index contributed by atoms with van der Waals surface area (Å²) >= 11 is 0. The molecule has 0 aliphatic rings. The normalized spacial score (nSPS) is 11.1. The van der Waals surface area contributed by atoms with E-state index in [0.717, 1.165) is 12.3 Å². The SMILES string of the molecule is O=[N+]([O-])c1ccc(NCCOc2ncccc2C(F)(F)F)nc1. The molecule has 0 saturated carbocycles. The fourth-order valence-corrected chi connectivity index (χ4v) is 1.65. The number of aromatic nitrogens is 2. The molecule has 0 aliphatic carbocycles. The maximum absolute atomic E-state index is 12.7. The third-order valence-corrected chi connectivity index (χ3v) is 2.68. The largest absolute Gasteiger partial charge is 0.475 e. The summed E-state index contributed by atoms with van der Waals surface area (Å²) in [5.41, 5.74) is -1.11. The smallest absolute Gasteiger partial charge is 0.421 e. The van der Waals surface area contributed by atoms with Crippen LogP contribution in [-0.4, -0.2) is 28.0 Å². The van der Waals surface area contributed by atoms with Crippen molar-refractivity contribution in [3.05, 3.63) is 52.3 Å². The van der Waals surface area contributed by atoms with E-state index >= 15 is 0 Å². The number of nitrogens with zero attached hydrogens (tertiary/aromatic N) is 3. The van der Waals surface area contributed by atoms with Gasteiger partial charge in [-0.15, -0.1) is 0 Å². The van der Waals surface area contributed by atoms with Crippen LogP contribution in [-0.2, 0) is 6.18 Å². The van der Waals surface area contributed by atoms with Crippen molar-refractivity contribution in [2.75, 3.05) is 18.5 Å². The zero-order chi connectivity index (χ0) is 16.9. The van der Waals surface area contributed by atoms with E-state index in [4.69, 9.17) is 4.74 Å². The molecule has 0 atom stereocenters. The Kier molecular flexibility index (Phi) is 4.94. The lowest BCUT2D eigenvalue weighted by Crippen LogP contribution is -2.15. The van der Waals surface area contributed by atoms with E-state index in [0.29, 0.717) is 5.82 Å². The third-order valence-electron chi connectivity index (χ3n) is 2.68. The molecule has 2 heterocycles. The molecule has 2 aromatic rings. The van der Waals surface area contributed by atoms with Crippen LogP contribution in [0, 0.1) is 10.1 Å². The van der Waals surface area contributed by atoms with E-state index in [-0.39, 0.29) is 18.8 Å². The van der Waals surface area contributed by atoms with Crippen molar-refractivity contribution in [3.63, 3.8) is 0 Å². The molecule has 2 aromatic heterocycles. The number of hydrogen-bond acceptors (Lipinski definition) is 6. The number of anilines is 1. The lowest BCUT2D eigenvalue weighted by atomic mass is 10.2. The maximum atomic E-state index is 12.7. The number of nitrogens with one attached hydrogen (secondary N) is 1. The van der Waals surface area contributed by atoms with Gasteiger partial charge in [0.05, 0.1) is 11.5 Å². The van der Waals surface area contributed by atoms with E-state index in [9.17, 15) is 23.3 Å². The van der Waals surface area contributed by atoms with E-state index in [2.05, 4.69) is 15.3 Å². The first kappa shape index (κ1) is 16.5. The fraction of sp³-hybridized carbons (Fsp3) is 0.231. The molecule has 7 nitrogen and oxygen atoms in total. The quantitative estimate of drug-likeness (QED) is 0.498. The average molecular weight is 328 g/mol. The minimum atomic E-state index is -4.54. The molecule has 0 fully saturated rings. The van der Waals surface area contributed by atoms with Gasteiger partial charge >= 0.3 is 6.18 Å². The number of alkyl halides is 3. The number of nitro groups is 1. The van der Waals surface area contributed by atoms with Gasteiger partial charge in [-0.3, -0.25) is 10.1 Å². The van der Waals surface area contributed by atoms with Crippen molar-refractivity contribution >= 4 is 11.5 Å². The monoisotopic (exact) mass is 328 g/mol. The molecule has 0 bridgehead atoms. The second kappa shape index (κ2) is 6.90. The van der Waals surface area contributed by atoms with Crippen molar-refractivity contribution in [2.45, 2.75) is 6.18 Å². The van der Waals surface area contributed by atoms with Gasteiger partial charge in [0.15, 0.2) is 0 Å². The number of halogens is 3. The Morgan fingerprint density at radius 1 is 1.26 bits per heavy atom. The second-order valence-electron chi connectivity index (χ2n) is 4.29. The average Bonchev–Trinajstić information content (AvgIpc) is 2.51. The Balaban J connectivity index is 1.87. The lowest BCUT2D eigenvalue weighted by Gasteiger charge is -2.12. The minimum absolute atomic E-state index is 0.0846. The summed E-state index contributed by atoms with van der Waals surface area (Å²) < 4.78 is 43.2. The minimum Gasteiger partial charge on any atom is -0.475 e. The molecule has 0 aromatic carbocycles. The summed E-state index contributed by atoms with van der Waals surface area (Å²) in [6.45, 7) is 0.0669. The highest BCUT2D eigenvalue weighted by Crippen LogP contribution is 2.34. The molecule has 10 heteroatoms. The first-order chi connectivity index (χ1) is 10.9. The Labute approximate surface area is 128 Å². The molecule has 0 spiro atoms. The Hall–Kier alpha value is -2.91. The van der Waals surface area contributed by atoms with Gasteiger partial charge in [0.1, 0.15) is 24.2 Å².